The number of nitrogens with zero attached hydrogens (tertiary/aromatic N) is 1. The molecule has 0 saturated carbocycles. The Balaban J connectivity index is 1.86. The molecule has 0 fully saturated rings. The molecule has 3 aromatic rings. The minimum atomic E-state index is -0.543. The van der Waals surface area contributed by atoms with Crippen LogP contribution in [0.25, 0.3) is 0 Å². The molecule has 184 valence electrons. The molecule has 1 aliphatic rings. The van der Waals surface area contributed by atoms with E-state index in [1.54, 1.807) is 11.3 Å². The van der Waals surface area contributed by atoms with Gasteiger partial charge in [-0.3, -0.25) is 0 Å². The minimum Gasteiger partial charge on any atom is -0.388 e. The van der Waals surface area contributed by atoms with Crippen molar-refractivity contribution in [3.8, 4) is 0 Å². The van der Waals surface area contributed by atoms with Crippen LogP contribution >= 0.6 is 11.3 Å². The van der Waals surface area contributed by atoms with Crippen LogP contribution in [0, 0.1) is 20.8 Å². The third-order valence-electron chi connectivity index (χ3n) is 6.92. The molecular formula is C31H38N2OS. The fraction of sp³-hybridized carbons (Fsp3) is 0.387. The molecule has 3 atom stereocenters. The zero-order valence-corrected chi connectivity index (χ0v) is 22.8. The molecular weight excluding hydrogens is 448 g/mol. The number of benzene rings is 2. The van der Waals surface area contributed by atoms with Crippen LogP contribution in [0.15, 0.2) is 60.0 Å². The standard InChI is InChI=1S/C31H38N2OS/c1-18(2)23-12-10-13-24(19(3)4)29(23)33-30(28-21(6)15-20(5)16-22(28)7)31-32-26(17-35-31)25-11-8-9-14-27(25)34/h8-19,25,27,30,33-34H,1-7H3. The molecule has 4 heteroatoms. The number of aliphatic hydroxyl groups excluding tert-OH is 1. The maximum absolute atomic E-state index is 10.5. The Bertz CT molecular complexity index is 1200. The maximum atomic E-state index is 10.5. The summed E-state index contributed by atoms with van der Waals surface area (Å²) in [4.78, 5) is 5.12. The predicted octanol–water partition coefficient (Wildman–Crippen LogP) is 8.09. The second kappa shape index (κ2) is 10.5. The SMILES string of the molecule is Cc1cc(C)c(C(Nc2c(C(C)C)cccc2C(C)C)c2nc(C3C=CC=CC3O)cs2)c(C)c1. The van der Waals surface area contributed by atoms with Crippen LogP contribution in [0.1, 0.15) is 95.6 Å². The van der Waals surface area contributed by atoms with Gasteiger partial charge in [-0.2, -0.15) is 0 Å². The van der Waals surface area contributed by atoms with Crippen LogP contribution in [0.2, 0.25) is 0 Å². The van der Waals surface area contributed by atoms with Gasteiger partial charge >= 0.3 is 0 Å². The molecule has 0 saturated heterocycles. The van der Waals surface area contributed by atoms with Gasteiger partial charge in [0, 0.05) is 11.1 Å². The van der Waals surface area contributed by atoms with Gasteiger partial charge in [0.1, 0.15) is 11.0 Å². The van der Waals surface area contributed by atoms with E-state index in [9.17, 15) is 5.11 Å². The fourth-order valence-corrected chi connectivity index (χ4v) is 6.14. The topological polar surface area (TPSA) is 45.2 Å². The van der Waals surface area contributed by atoms with E-state index in [0.717, 1.165) is 10.7 Å². The second-order valence-electron chi connectivity index (χ2n) is 10.4. The average Bonchev–Trinajstić information content (AvgIpc) is 3.27. The van der Waals surface area contributed by atoms with Gasteiger partial charge in [-0.05, 0) is 60.4 Å². The zero-order valence-electron chi connectivity index (χ0n) is 22.0. The fourth-order valence-electron chi connectivity index (χ4n) is 5.22. The van der Waals surface area contributed by atoms with Crippen LogP contribution < -0.4 is 5.32 Å². The number of hydrogen-bond donors (Lipinski definition) is 2. The molecule has 0 aliphatic heterocycles. The lowest BCUT2D eigenvalue weighted by atomic mass is 9.90. The van der Waals surface area contributed by atoms with E-state index in [2.05, 4.69) is 89.5 Å². The summed E-state index contributed by atoms with van der Waals surface area (Å²) in [5.41, 5.74) is 9.90. The zero-order chi connectivity index (χ0) is 25.3. The molecule has 0 spiro atoms. The van der Waals surface area contributed by atoms with Crippen molar-refractivity contribution in [2.24, 2.45) is 0 Å². The van der Waals surface area contributed by atoms with Crippen LogP contribution in [0.4, 0.5) is 5.69 Å². The summed E-state index contributed by atoms with van der Waals surface area (Å²) in [6, 6.07) is 11.1. The van der Waals surface area contributed by atoms with E-state index in [1.807, 2.05) is 24.3 Å². The lowest BCUT2D eigenvalue weighted by molar-refractivity contribution is 0.204. The van der Waals surface area contributed by atoms with E-state index in [0.29, 0.717) is 11.8 Å². The molecule has 2 N–H and O–H groups in total. The minimum absolute atomic E-state index is 0.0768. The summed E-state index contributed by atoms with van der Waals surface area (Å²) < 4.78 is 0. The first-order valence-electron chi connectivity index (χ1n) is 12.6. The number of aromatic nitrogens is 1. The summed E-state index contributed by atoms with van der Waals surface area (Å²) in [7, 11) is 0. The van der Waals surface area contributed by atoms with Crippen molar-refractivity contribution in [1.29, 1.82) is 0 Å². The van der Waals surface area contributed by atoms with Crippen LogP contribution in [-0.2, 0) is 0 Å². The van der Waals surface area contributed by atoms with Gasteiger partial charge in [-0.15, -0.1) is 11.3 Å². The summed E-state index contributed by atoms with van der Waals surface area (Å²) in [6.45, 7) is 15.6. The van der Waals surface area contributed by atoms with Crippen LogP contribution in [0.5, 0.6) is 0 Å². The largest absolute Gasteiger partial charge is 0.388 e. The highest BCUT2D eigenvalue weighted by Gasteiger charge is 2.27. The van der Waals surface area contributed by atoms with Gasteiger partial charge in [0.05, 0.1) is 17.7 Å². The molecule has 1 aliphatic carbocycles. The predicted molar refractivity (Wildman–Crippen MR) is 150 cm³/mol. The molecule has 1 heterocycles. The maximum Gasteiger partial charge on any atom is 0.120 e. The van der Waals surface area contributed by atoms with Crippen LogP contribution in [-0.4, -0.2) is 16.2 Å². The summed E-state index contributed by atoms with van der Waals surface area (Å²) in [6.07, 6.45) is 7.22. The van der Waals surface area contributed by atoms with Crippen molar-refractivity contribution < 1.29 is 5.11 Å². The van der Waals surface area contributed by atoms with Gasteiger partial charge in [-0.1, -0.05) is 87.9 Å². The van der Waals surface area contributed by atoms with Crippen molar-refractivity contribution in [2.75, 3.05) is 5.32 Å². The smallest absolute Gasteiger partial charge is 0.120 e. The molecule has 3 nitrogen and oxygen atoms in total. The average molecular weight is 487 g/mol. The number of nitrogens with one attached hydrogen (secondary N) is 1. The molecule has 1 aromatic heterocycles. The second-order valence-corrected chi connectivity index (χ2v) is 11.3. The van der Waals surface area contributed by atoms with Crippen molar-refractivity contribution >= 4 is 17.0 Å². The van der Waals surface area contributed by atoms with E-state index in [4.69, 9.17) is 4.98 Å². The highest BCUT2D eigenvalue weighted by atomic mass is 32.1. The molecule has 35 heavy (non-hydrogen) atoms. The number of aliphatic hydroxyl groups is 1. The Labute approximate surface area is 214 Å². The monoisotopic (exact) mass is 486 g/mol. The Kier molecular flexibility index (Phi) is 7.63. The number of hydrogen-bond acceptors (Lipinski definition) is 4. The molecule has 0 radical (unpaired) electrons. The molecule has 2 aromatic carbocycles. The molecule has 0 amide bonds. The highest BCUT2D eigenvalue weighted by molar-refractivity contribution is 7.09. The van der Waals surface area contributed by atoms with Gasteiger partial charge in [0.15, 0.2) is 0 Å². The van der Waals surface area contributed by atoms with E-state index >= 15 is 0 Å². The third-order valence-corrected chi connectivity index (χ3v) is 7.85. The Morgan fingerprint density at radius 1 is 0.914 bits per heavy atom. The van der Waals surface area contributed by atoms with Gasteiger partial charge in [0.2, 0.25) is 0 Å². The lowest BCUT2D eigenvalue weighted by Gasteiger charge is -2.28. The number of rotatable bonds is 7. The third kappa shape index (κ3) is 5.29. The summed E-state index contributed by atoms with van der Waals surface area (Å²) in [5.74, 6) is 0.691. The van der Waals surface area contributed by atoms with Crippen molar-refractivity contribution in [3.05, 3.63) is 104 Å². The van der Waals surface area contributed by atoms with Crippen molar-refractivity contribution in [2.45, 2.75) is 78.4 Å². The number of anilines is 1. The number of para-hydroxylation sites is 1. The first-order valence-corrected chi connectivity index (χ1v) is 13.5. The lowest BCUT2D eigenvalue weighted by Crippen LogP contribution is -2.19. The van der Waals surface area contributed by atoms with E-state index < -0.39 is 6.10 Å². The quantitative estimate of drug-likeness (QED) is 0.355. The summed E-state index contributed by atoms with van der Waals surface area (Å²) >= 11 is 1.67. The van der Waals surface area contributed by atoms with Crippen molar-refractivity contribution in [3.63, 3.8) is 0 Å². The first kappa shape index (κ1) is 25.4. The van der Waals surface area contributed by atoms with Gasteiger partial charge in [0.25, 0.3) is 0 Å². The number of allylic oxidation sites excluding steroid dienone is 2. The molecule has 4 rings (SSSR count). The van der Waals surface area contributed by atoms with Crippen molar-refractivity contribution in [1.82, 2.24) is 4.98 Å². The van der Waals surface area contributed by atoms with Gasteiger partial charge < -0.3 is 10.4 Å². The number of thiazole rings is 1. The van der Waals surface area contributed by atoms with Crippen LogP contribution in [0.3, 0.4) is 0 Å². The molecule has 0 bridgehead atoms. The normalized spacial score (nSPS) is 18.5. The first-order chi connectivity index (χ1) is 16.7. The Morgan fingerprint density at radius 2 is 1.51 bits per heavy atom. The highest BCUT2D eigenvalue weighted by Crippen LogP contribution is 2.40. The van der Waals surface area contributed by atoms with Gasteiger partial charge in [-0.25, -0.2) is 4.98 Å². The number of aryl methyl sites for hydroxylation is 3. The van der Waals surface area contributed by atoms with E-state index in [-0.39, 0.29) is 12.0 Å². The Hall–Kier alpha value is -2.69. The Morgan fingerprint density at radius 3 is 2.09 bits per heavy atom. The summed E-state index contributed by atoms with van der Waals surface area (Å²) in [5, 5.41) is 17.7. The molecule has 3 unspecified atom stereocenters. The van der Waals surface area contributed by atoms with E-state index in [1.165, 1.54) is 39.1 Å².